The van der Waals surface area contributed by atoms with E-state index < -0.39 is 0 Å². The minimum atomic E-state index is 0.495. The molecule has 6 aromatic carbocycles. The molecule has 0 spiro atoms. The smallest absolute Gasteiger partial charge is 0.188 e. The molecule has 0 saturated carbocycles. The van der Waals surface area contributed by atoms with Crippen LogP contribution in [0.15, 0.2) is 146 Å². The Labute approximate surface area is 271 Å². The number of fused-ring (bicyclic) bond motifs is 3. The monoisotopic (exact) mass is 600 g/mol. The van der Waals surface area contributed by atoms with Crippen LogP contribution >= 0.6 is 0 Å². The molecule has 6 nitrogen and oxygen atoms in total. The molecular weight excluding hydrogens is 576 g/mol. The standard InChI is InChI=1S/C41H24N6/c1-42-32-20-21-38-36(26-32)35-18-9-10-19-37(35)47(38)34-17-11-16-29(25-34)30-22-31(24-33(23-30)43-2)41-45-39(27-12-5-3-6-13-27)44-40(46-41)28-14-7-4-8-15-28/h3-26H. The summed E-state index contributed by atoms with van der Waals surface area (Å²) in [6.07, 6.45) is 0. The zero-order valence-corrected chi connectivity index (χ0v) is 25.0. The van der Waals surface area contributed by atoms with Gasteiger partial charge in [-0.2, -0.15) is 0 Å². The predicted molar refractivity (Wildman–Crippen MR) is 188 cm³/mol. The van der Waals surface area contributed by atoms with Crippen molar-refractivity contribution in [2.75, 3.05) is 0 Å². The van der Waals surface area contributed by atoms with Gasteiger partial charge in [0.1, 0.15) is 0 Å². The minimum Gasteiger partial charge on any atom is -0.309 e. The van der Waals surface area contributed by atoms with Gasteiger partial charge in [-0.05, 0) is 65.0 Å². The van der Waals surface area contributed by atoms with E-state index >= 15 is 0 Å². The number of para-hydroxylation sites is 1. The van der Waals surface area contributed by atoms with Crippen LogP contribution in [0, 0.1) is 13.1 Å². The third kappa shape index (κ3) is 5.07. The summed E-state index contributed by atoms with van der Waals surface area (Å²) >= 11 is 0. The van der Waals surface area contributed by atoms with Gasteiger partial charge in [0.2, 0.25) is 0 Å². The number of aromatic nitrogens is 4. The fraction of sp³-hybridized carbons (Fsp3) is 0. The van der Waals surface area contributed by atoms with E-state index in [1.165, 1.54) is 0 Å². The normalized spacial score (nSPS) is 10.9. The summed E-state index contributed by atoms with van der Waals surface area (Å²) < 4.78 is 2.23. The van der Waals surface area contributed by atoms with Gasteiger partial charge in [-0.25, -0.2) is 24.6 Å². The van der Waals surface area contributed by atoms with Crippen molar-refractivity contribution in [3.8, 4) is 51.0 Å². The van der Waals surface area contributed by atoms with Crippen molar-refractivity contribution < 1.29 is 0 Å². The van der Waals surface area contributed by atoms with Gasteiger partial charge in [0.05, 0.1) is 24.2 Å². The number of hydrogen-bond acceptors (Lipinski definition) is 3. The molecule has 0 atom stereocenters. The van der Waals surface area contributed by atoms with Crippen LogP contribution in [0.25, 0.3) is 82.5 Å². The van der Waals surface area contributed by atoms with Crippen LogP contribution in [0.3, 0.4) is 0 Å². The summed E-state index contributed by atoms with van der Waals surface area (Å²) in [5, 5.41) is 2.13. The first-order valence-electron chi connectivity index (χ1n) is 15.1. The largest absolute Gasteiger partial charge is 0.309 e. The molecule has 2 heterocycles. The lowest BCUT2D eigenvalue weighted by Crippen LogP contribution is -2.00. The highest BCUT2D eigenvalue weighted by Crippen LogP contribution is 2.37. The lowest BCUT2D eigenvalue weighted by molar-refractivity contribution is 1.07. The highest BCUT2D eigenvalue weighted by molar-refractivity contribution is 6.10. The molecule has 2 aromatic heterocycles. The Balaban J connectivity index is 1.29. The SMILES string of the molecule is [C-]#[N+]c1cc(-c2cccc(-n3c4ccccc4c4cc([N+]#[C-])ccc43)c2)cc(-c2nc(-c3ccccc3)nc(-c3ccccc3)n2)c1. The summed E-state index contributed by atoms with van der Waals surface area (Å²) in [6, 6.07) is 47.9. The summed E-state index contributed by atoms with van der Waals surface area (Å²) in [6.45, 7) is 15.5. The van der Waals surface area contributed by atoms with Crippen LogP contribution in [0.4, 0.5) is 11.4 Å². The predicted octanol–water partition coefficient (Wildman–Crippen LogP) is 10.7. The van der Waals surface area contributed by atoms with Crippen LogP contribution in [0.1, 0.15) is 0 Å². The number of rotatable bonds is 5. The van der Waals surface area contributed by atoms with E-state index in [-0.39, 0.29) is 0 Å². The molecule has 0 radical (unpaired) electrons. The molecule has 0 amide bonds. The molecular formula is C41H24N6. The van der Waals surface area contributed by atoms with Crippen LogP contribution in [0.2, 0.25) is 0 Å². The van der Waals surface area contributed by atoms with Crippen molar-refractivity contribution in [3.63, 3.8) is 0 Å². The first-order chi connectivity index (χ1) is 23.2. The third-order valence-electron chi connectivity index (χ3n) is 8.23. The molecule has 0 aliphatic rings. The fourth-order valence-corrected chi connectivity index (χ4v) is 6.04. The highest BCUT2D eigenvalue weighted by atomic mass is 15.0. The average Bonchev–Trinajstić information content (AvgIpc) is 3.49. The zero-order chi connectivity index (χ0) is 31.7. The number of hydrogen-bond donors (Lipinski definition) is 0. The van der Waals surface area contributed by atoms with Gasteiger partial charge in [0.25, 0.3) is 0 Å². The van der Waals surface area contributed by atoms with Gasteiger partial charge in [0, 0.05) is 27.8 Å². The Morgan fingerprint density at radius 1 is 0.404 bits per heavy atom. The van der Waals surface area contributed by atoms with Crippen LogP contribution in [0.5, 0.6) is 0 Å². The summed E-state index contributed by atoms with van der Waals surface area (Å²) in [7, 11) is 0. The second-order valence-electron chi connectivity index (χ2n) is 11.1. The third-order valence-corrected chi connectivity index (χ3v) is 8.23. The Morgan fingerprint density at radius 3 is 1.66 bits per heavy atom. The molecule has 0 N–H and O–H groups in total. The van der Waals surface area contributed by atoms with Crippen molar-refractivity contribution in [3.05, 3.63) is 168 Å². The van der Waals surface area contributed by atoms with Crippen molar-refractivity contribution in [1.29, 1.82) is 0 Å². The maximum absolute atomic E-state index is 7.93. The number of nitrogens with zero attached hydrogens (tertiary/aromatic N) is 6. The Bertz CT molecular complexity index is 2480. The summed E-state index contributed by atoms with van der Waals surface area (Å²) in [4.78, 5) is 22.1. The van der Waals surface area contributed by atoms with E-state index in [0.717, 1.165) is 55.3 Å². The second-order valence-corrected chi connectivity index (χ2v) is 11.1. The molecule has 0 aliphatic carbocycles. The molecule has 218 valence electrons. The van der Waals surface area contributed by atoms with E-state index in [2.05, 4.69) is 44.6 Å². The first-order valence-corrected chi connectivity index (χ1v) is 15.1. The zero-order valence-electron chi connectivity index (χ0n) is 25.0. The van der Waals surface area contributed by atoms with Gasteiger partial charge in [0.15, 0.2) is 28.8 Å². The van der Waals surface area contributed by atoms with Crippen LogP contribution < -0.4 is 0 Å². The summed E-state index contributed by atoms with van der Waals surface area (Å²) in [5.41, 5.74) is 8.53. The van der Waals surface area contributed by atoms with Crippen LogP contribution in [-0.4, -0.2) is 19.5 Å². The minimum absolute atomic E-state index is 0.495. The van der Waals surface area contributed by atoms with Gasteiger partial charge in [-0.15, -0.1) is 0 Å². The number of benzene rings is 6. The fourth-order valence-electron chi connectivity index (χ4n) is 6.04. The van der Waals surface area contributed by atoms with E-state index in [1.807, 2.05) is 115 Å². The van der Waals surface area contributed by atoms with E-state index in [9.17, 15) is 0 Å². The van der Waals surface area contributed by atoms with Gasteiger partial charge in [-0.1, -0.05) is 97.1 Å². The molecule has 8 aromatic rings. The lowest BCUT2D eigenvalue weighted by atomic mass is 10.0. The van der Waals surface area contributed by atoms with Crippen molar-refractivity contribution in [2.45, 2.75) is 0 Å². The van der Waals surface area contributed by atoms with Gasteiger partial charge in [-0.3, -0.25) is 0 Å². The summed E-state index contributed by atoms with van der Waals surface area (Å²) in [5.74, 6) is 1.64. The van der Waals surface area contributed by atoms with Gasteiger partial charge >= 0.3 is 0 Å². The van der Waals surface area contributed by atoms with Crippen molar-refractivity contribution in [1.82, 2.24) is 19.5 Å². The van der Waals surface area contributed by atoms with E-state index in [1.54, 1.807) is 0 Å². The Kier molecular flexibility index (Phi) is 6.80. The maximum atomic E-state index is 7.93. The molecule has 0 fully saturated rings. The molecule has 0 bridgehead atoms. The quantitative estimate of drug-likeness (QED) is 0.185. The van der Waals surface area contributed by atoms with Crippen molar-refractivity contribution in [2.24, 2.45) is 0 Å². The topological polar surface area (TPSA) is 52.3 Å². The molecule has 8 rings (SSSR count). The molecule has 0 saturated heterocycles. The molecule has 0 aliphatic heterocycles. The second kappa shape index (κ2) is 11.6. The molecule has 6 heteroatoms. The Hall–Kier alpha value is -6.89. The van der Waals surface area contributed by atoms with Crippen LogP contribution in [-0.2, 0) is 0 Å². The van der Waals surface area contributed by atoms with E-state index in [4.69, 9.17) is 28.1 Å². The molecule has 47 heavy (non-hydrogen) atoms. The lowest BCUT2D eigenvalue weighted by Gasteiger charge is -2.12. The van der Waals surface area contributed by atoms with Gasteiger partial charge < -0.3 is 4.57 Å². The average molecular weight is 601 g/mol. The van der Waals surface area contributed by atoms with E-state index in [0.29, 0.717) is 28.8 Å². The first kappa shape index (κ1) is 27.6. The van der Waals surface area contributed by atoms with Crippen molar-refractivity contribution >= 4 is 33.2 Å². The Morgan fingerprint density at radius 2 is 0.979 bits per heavy atom. The maximum Gasteiger partial charge on any atom is 0.188 e. The molecule has 0 unspecified atom stereocenters. The highest BCUT2D eigenvalue weighted by Gasteiger charge is 2.16.